The normalized spacial score (nSPS) is 12.6. The Morgan fingerprint density at radius 3 is 2.40 bits per heavy atom. The zero-order chi connectivity index (χ0) is 24.6. The van der Waals surface area contributed by atoms with Crippen molar-refractivity contribution in [3.8, 4) is 17.2 Å². The molecule has 0 aliphatic carbocycles. The predicted molar refractivity (Wildman–Crippen MR) is 132 cm³/mol. The van der Waals surface area contributed by atoms with Crippen LogP contribution in [0.3, 0.4) is 0 Å². The van der Waals surface area contributed by atoms with Gasteiger partial charge in [0.25, 0.3) is 0 Å². The third-order valence-electron chi connectivity index (χ3n) is 6.05. The molecule has 1 atom stereocenters. The van der Waals surface area contributed by atoms with E-state index in [1.807, 2.05) is 72.8 Å². The Labute approximate surface area is 205 Å². The number of aryl methyl sites for hydroxylation is 1. The Kier molecular flexibility index (Phi) is 7.88. The van der Waals surface area contributed by atoms with E-state index in [0.717, 1.165) is 22.4 Å². The summed E-state index contributed by atoms with van der Waals surface area (Å²) in [6.07, 6.45) is 0.935. The van der Waals surface area contributed by atoms with Crippen LogP contribution in [-0.2, 0) is 29.1 Å². The molecule has 1 N–H and O–H groups in total. The smallest absolute Gasteiger partial charge is 0.242 e. The number of amides is 2. The quantitative estimate of drug-likeness (QED) is 0.479. The molecule has 0 spiro atoms. The molecule has 0 saturated heterocycles. The van der Waals surface area contributed by atoms with Crippen LogP contribution in [0.25, 0.3) is 0 Å². The predicted octanol–water partition coefficient (Wildman–Crippen LogP) is 4.09. The lowest BCUT2D eigenvalue weighted by molar-refractivity contribution is -0.140. The first-order valence-corrected chi connectivity index (χ1v) is 11.7. The molecule has 0 radical (unpaired) electrons. The molecule has 3 aromatic carbocycles. The number of hydrogen-bond acceptors (Lipinski definition) is 5. The van der Waals surface area contributed by atoms with E-state index in [1.165, 1.54) is 0 Å². The monoisotopic (exact) mass is 474 g/mol. The lowest BCUT2D eigenvalue weighted by Crippen LogP contribution is -2.47. The summed E-state index contributed by atoms with van der Waals surface area (Å²) in [6.45, 7) is 2.62. The van der Waals surface area contributed by atoms with Gasteiger partial charge >= 0.3 is 0 Å². The minimum absolute atomic E-state index is 0.0737. The lowest BCUT2D eigenvalue weighted by Gasteiger charge is -2.29. The van der Waals surface area contributed by atoms with E-state index in [4.69, 9.17) is 14.2 Å². The van der Waals surface area contributed by atoms with Crippen LogP contribution in [0.15, 0.2) is 72.8 Å². The van der Waals surface area contributed by atoms with Gasteiger partial charge in [-0.05, 0) is 54.3 Å². The molecule has 1 aliphatic heterocycles. The first kappa shape index (κ1) is 24.1. The highest BCUT2D eigenvalue weighted by Gasteiger charge is 2.26. The van der Waals surface area contributed by atoms with Crippen LogP contribution in [-0.4, -0.2) is 36.7 Å². The zero-order valence-electron chi connectivity index (χ0n) is 20.0. The van der Waals surface area contributed by atoms with Gasteiger partial charge in [-0.25, -0.2) is 0 Å². The highest BCUT2D eigenvalue weighted by atomic mass is 16.7. The van der Waals surface area contributed by atoms with Crippen LogP contribution in [0.5, 0.6) is 17.2 Å². The number of carbonyl (C=O) groups excluding carboxylic acids is 2. The highest BCUT2D eigenvalue weighted by molar-refractivity contribution is 5.87. The second kappa shape index (κ2) is 11.4. The van der Waals surface area contributed by atoms with E-state index in [-0.39, 0.29) is 18.6 Å². The molecule has 35 heavy (non-hydrogen) atoms. The fraction of sp³-hybridized carbons (Fsp3) is 0.286. The summed E-state index contributed by atoms with van der Waals surface area (Å²) in [5.41, 5.74) is 2.91. The van der Waals surface area contributed by atoms with Gasteiger partial charge in [0, 0.05) is 19.5 Å². The van der Waals surface area contributed by atoms with Gasteiger partial charge in [0.1, 0.15) is 11.8 Å². The molecule has 0 bridgehead atoms. The zero-order valence-corrected chi connectivity index (χ0v) is 20.0. The number of methoxy groups -OCH3 is 1. The summed E-state index contributed by atoms with van der Waals surface area (Å²) in [4.78, 5) is 28.0. The molecule has 0 fully saturated rings. The average molecular weight is 475 g/mol. The average Bonchev–Trinajstić information content (AvgIpc) is 3.37. The van der Waals surface area contributed by atoms with E-state index in [1.54, 1.807) is 18.9 Å². The van der Waals surface area contributed by atoms with Gasteiger partial charge in [0.05, 0.1) is 7.11 Å². The second-order valence-electron chi connectivity index (χ2n) is 8.44. The maximum absolute atomic E-state index is 13.3. The fourth-order valence-electron chi connectivity index (χ4n) is 3.94. The number of fused-ring (bicyclic) bond motifs is 1. The highest BCUT2D eigenvalue weighted by Crippen LogP contribution is 2.32. The van der Waals surface area contributed by atoms with Gasteiger partial charge in [0.15, 0.2) is 11.5 Å². The van der Waals surface area contributed by atoms with Crippen molar-refractivity contribution in [2.45, 2.75) is 38.9 Å². The van der Waals surface area contributed by atoms with E-state index in [0.29, 0.717) is 37.4 Å². The molecule has 1 aliphatic rings. The Morgan fingerprint density at radius 1 is 0.943 bits per heavy atom. The molecule has 4 rings (SSSR count). The number of nitrogens with one attached hydrogen (secondary N) is 1. The molecule has 3 aromatic rings. The van der Waals surface area contributed by atoms with Crippen LogP contribution >= 0.6 is 0 Å². The van der Waals surface area contributed by atoms with Crippen molar-refractivity contribution in [3.05, 3.63) is 89.5 Å². The van der Waals surface area contributed by atoms with Crippen LogP contribution in [0.2, 0.25) is 0 Å². The van der Waals surface area contributed by atoms with E-state index in [2.05, 4.69) is 5.32 Å². The molecule has 182 valence electrons. The van der Waals surface area contributed by atoms with Gasteiger partial charge in [-0.2, -0.15) is 0 Å². The van der Waals surface area contributed by atoms with Crippen molar-refractivity contribution in [1.82, 2.24) is 10.2 Å². The summed E-state index contributed by atoms with van der Waals surface area (Å²) in [5.74, 6) is 1.81. The molecule has 7 nitrogen and oxygen atoms in total. The van der Waals surface area contributed by atoms with Crippen molar-refractivity contribution in [1.29, 1.82) is 0 Å². The summed E-state index contributed by atoms with van der Waals surface area (Å²) in [6, 6.07) is 22.3. The number of rotatable bonds is 10. The van der Waals surface area contributed by atoms with Crippen LogP contribution in [0, 0.1) is 0 Å². The Bertz CT molecular complexity index is 1150. The van der Waals surface area contributed by atoms with E-state index < -0.39 is 6.04 Å². The van der Waals surface area contributed by atoms with Crippen LogP contribution < -0.4 is 19.5 Å². The summed E-state index contributed by atoms with van der Waals surface area (Å²) in [7, 11) is 1.61. The van der Waals surface area contributed by atoms with Gasteiger partial charge in [-0.15, -0.1) is 0 Å². The maximum Gasteiger partial charge on any atom is 0.242 e. The molecule has 0 unspecified atom stereocenters. The standard InChI is InChI=1S/C28H30N2O5/c1-20(28(32)29-17-23-10-14-25-26(16-23)35-19-34-25)30(18-22-8-12-24(33-2)13-9-22)27(31)15-11-21-6-4-3-5-7-21/h3-10,12-14,16,20H,11,15,17-19H2,1-2H3,(H,29,32)/t20-/m1/s1. The van der Waals surface area contributed by atoms with E-state index >= 15 is 0 Å². The van der Waals surface area contributed by atoms with E-state index in [9.17, 15) is 9.59 Å². The second-order valence-corrected chi connectivity index (χ2v) is 8.44. The van der Waals surface area contributed by atoms with Gasteiger partial charge in [0.2, 0.25) is 18.6 Å². The molecule has 0 aromatic heterocycles. The van der Waals surface area contributed by atoms with Crippen LogP contribution in [0.1, 0.15) is 30.0 Å². The Hall–Kier alpha value is -4.00. The minimum atomic E-state index is -0.644. The van der Waals surface area contributed by atoms with Gasteiger partial charge in [-0.1, -0.05) is 48.5 Å². The Morgan fingerprint density at radius 2 is 1.66 bits per heavy atom. The number of hydrogen-bond donors (Lipinski definition) is 1. The van der Waals surface area contributed by atoms with Crippen LogP contribution in [0.4, 0.5) is 0 Å². The topological polar surface area (TPSA) is 77.1 Å². The molecule has 0 saturated carbocycles. The van der Waals surface area contributed by atoms with Crippen molar-refractivity contribution in [2.24, 2.45) is 0 Å². The fourth-order valence-corrected chi connectivity index (χ4v) is 3.94. The van der Waals surface area contributed by atoms with Gasteiger partial charge in [-0.3, -0.25) is 9.59 Å². The van der Waals surface area contributed by atoms with Crippen molar-refractivity contribution >= 4 is 11.8 Å². The summed E-state index contributed by atoms with van der Waals surface area (Å²) < 4.78 is 16.0. The number of nitrogens with zero attached hydrogens (tertiary/aromatic N) is 1. The number of benzene rings is 3. The largest absolute Gasteiger partial charge is 0.497 e. The molecule has 7 heteroatoms. The maximum atomic E-state index is 13.3. The molecule has 2 amide bonds. The van der Waals surface area contributed by atoms with Crippen molar-refractivity contribution < 1.29 is 23.8 Å². The Balaban J connectivity index is 1.43. The molecular weight excluding hydrogens is 444 g/mol. The molecule has 1 heterocycles. The first-order chi connectivity index (χ1) is 17.0. The van der Waals surface area contributed by atoms with Crippen molar-refractivity contribution in [3.63, 3.8) is 0 Å². The number of carbonyl (C=O) groups is 2. The molecular formula is C28H30N2O5. The summed E-state index contributed by atoms with van der Waals surface area (Å²) >= 11 is 0. The third-order valence-corrected chi connectivity index (χ3v) is 6.05. The minimum Gasteiger partial charge on any atom is -0.497 e. The number of ether oxygens (including phenoxy) is 3. The third kappa shape index (κ3) is 6.32. The lowest BCUT2D eigenvalue weighted by atomic mass is 10.1. The summed E-state index contributed by atoms with van der Waals surface area (Å²) in [5, 5.41) is 2.95. The van der Waals surface area contributed by atoms with Crippen molar-refractivity contribution in [2.75, 3.05) is 13.9 Å². The first-order valence-electron chi connectivity index (χ1n) is 11.7. The SMILES string of the molecule is COc1ccc(CN(C(=O)CCc2ccccc2)[C@H](C)C(=O)NCc2ccc3c(c2)OCO3)cc1. The van der Waals surface area contributed by atoms with Gasteiger partial charge < -0.3 is 24.4 Å².